The molecule has 1 aromatic heterocycles. The van der Waals surface area contributed by atoms with Gasteiger partial charge in [0.25, 0.3) is 5.69 Å². The van der Waals surface area contributed by atoms with Crippen LogP contribution in [0.4, 0.5) is 11.4 Å². The lowest BCUT2D eigenvalue weighted by atomic mass is 10.1. The number of aromatic nitrogens is 1. The summed E-state index contributed by atoms with van der Waals surface area (Å²) in [6.07, 6.45) is 0.937. The van der Waals surface area contributed by atoms with Crippen LogP contribution in [0, 0.1) is 30.9 Å². The molecule has 1 saturated heterocycles. The molecule has 1 aliphatic rings. The van der Waals surface area contributed by atoms with Crippen LogP contribution < -0.4 is 5.32 Å². The molecular formula is C21H29N5O4. The maximum atomic E-state index is 12.8. The van der Waals surface area contributed by atoms with E-state index in [2.05, 4.69) is 20.1 Å². The van der Waals surface area contributed by atoms with Crippen molar-refractivity contribution < 1.29 is 14.1 Å². The highest BCUT2D eigenvalue weighted by Crippen LogP contribution is 2.25. The van der Waals surface area contributed by atoms with E-state index in [-0.39, 0.29) is 17.6 Å². The molecule has 1 aliphatic heterocycles. The highest BCUT2D eigenvalue weighted by molar-refractivity contribution is 5.95. The summed E-state index contributed by atoms with van der Waals surface area (Å²) < 4.78 is 5.70. The van der Waals surface area contributed by atoms with Gasteiger partial charge >= 0.3 is 0 Å². The molecule has 3 rings (SSSR count). The van der Waals surface area contributed by atoms with Crippen molar-refractivity contribution in [2.45, 2.75) is 46.7 Å². The van der Waals surface area contributed by atoms with Gasteiger partial charge < -0.3 is 9.73 Å². The molecule has 0 saturated carbocycles. The van der Waals surface area contributed by atoms with Crippen molar-refractivity contribution in [3.8, 4) is 0 Å². The maximum absolute atomic E-state index is 12.8. The van der Waals surface area contributed by atoms with Crippen molar-refractivity contribution in [1.29, 1.82) is 0 Å². The molecule has 1 N–H and O–H groups in total. The summed E-state index contributed by atoms with van der Waals surface area (Å²) >= 11 is 0. The molecule has 1 fully saturated rings. The Kier molecular flexibility index (Phi) is 6.84. The lowest BCUT2D eigenvalue weighted by Crippen LogP contribution is -2.44. The van der Waals surface area contributed by atoms with Crippen LogP contribution in [0.15, 0.2) is 22.6 Å². The van der Waals surface area contributed by atoms with E-state index in [1.165, 1.54) is 6.07 Å². The van der Waals surface area contributed by atoms with E-state index in [0.29, 0.717) is 17.8 Å². The molecule has 1 atom stereocenters. The minimum absolute atomic E-state index is 0.00266. The van der Waals surface area contributed by atoms with E-state index < -0.39 is 4.92 Å². The van der Waals surface area contributed by atoms with Gasteiger partial charge in [-0.1, -0.05) is 6.07 Å². The molecule has 1 amide bonds. The Hall–Kier alpha value is -2.78. The number of nitro benzene ring substituents is 1. The minimum Gasteiger partial charge on any atom is -0.444 e. The third-order valence-corrected chi connectivity index (χ3v) is 5.74. The number of oxazole rings is 1. The Morgan fingerprint density at radius 3 is 2.70 bits per heavy atom. The van der Waals surface area contributed by atoms with Gasteiger partial charge in [0, 0.05) is 25.7 Å². The second-order valence-corrected chi connectivity index (χ2v) is 7.79. The lowest BCUT2D eigenvalue weighted by molar-refractivity contribution is -0.385. The third-order valence-electron chi connectivity index (χ3n) is 5.74. The molecule has 30 heavy (non-hydrogen) atoms. The molecule has 2 heterocycles. The zero-order valence-electron chi connectivity index (χ0n) is 18.0. The number of carbonyl (C=O) groups excluding carboxylic acids is 1. The Morgan fingerprint density at radius 1 is 1.27 bits per heavy atom. The number of nitrogens with zero attached hydrogens (tertiary/aromatic N) is 4. The van der Waals surface area contributed by atoms with Gasteiger partial charge in [0.15, 0.2) is 0 Å². The third kappa shape index (κ3) is 5.03. The summed E-state index contributed by atoms with van der Waals surface area (Å²) in [4.78, 5) is 32.4. The van der Waals surface area contributed by atoms with E-state index in [0.717, 1.165) is 49.9 Å². The first-order chi connectivity index (χ1) is 14.3. The summed E-state index contributed by atoms with van der Waals surface area (Å²) in [6, 6.07) is 4.38. The number of anilines is 1. The summed E-state index contributed by atoms with van der Waals surface area (Å²) in [5, 5.41) is 14.0. The van der Waals surface area contributed by atoms with Crippen molar-refractivity contribution >= 4 is 17.3 Å². The fourth-order valence-corrected chi connectivity index (χ4v) is 3.69. The lowest BCUT2D eigenvalue weighted by Gasteiger charge is -2.27. The van der Waals surface area contributed by atoms with Gasteiger partial charge in [-0.25, -0.2) is 4.98 Å². The van der Waals surface area contributed by atoms with Crippen LogP contribution in [-0.2, 0) is 11.3 Å². The molecule has 2 aromatic rings. The number of hydrogen-bond donors (Lipinski definition) is 1. The normalized spacial score (nSPS) is 16.8. The molecule has 9 nitrogen and oxygen atoms in total. The van der Waals surface area contributed by atoms with Gasteiger partial charge in [0.2, 0.25) is 11.8 Å². The van der Waals surface area contributed by atoms with E-state index in [9.17, 15) is 14.9 Å². The van der Waals surface area contributed by atoms with Crippen LogP contribution in [0.1, 0.15) is 36.3 Å². The number of carbonyl (C=O) groups is 1. The van der Waals surface area contributed by atoms with Crippen molar-refractivity contribution in [3.63, 3.8) is 0 Å². The van der Waals surface area contributed by atoms with Crippen LogP contribution in [0.2, 0.25) is 0 Å². The second kappa shape index (κ2) is 9.36. The molecule has 0 spiro atoms. The van der Waals surface area contributed by atoms with Crippen LogP contribution in [0.25, 0.3) is 0 Å². The molecule has 162 valence electrons. The summed E-state index contributed by atoms with van der Waals surface area (Å²) in [7, 11) is 0. The minimum atomic E-state index is -0.436. The number of aryl methyl sites for hydroxylation is 2. The first-order valence-electron chi connectivity index (χ1n) is 10.2. The fourth-order valence-electron chi connectivity index (χ4n) is 3.69. The SMILES string of the molecule is Cc1nc(CN2CCCN(C(C)C(=O)Nc3cccc([N+](=O)[O-])c3C)CC2)oc1C. The standard InChI is InChI=1S/C21H29N5O4/c1-14-18(7-5-8-19(14)26(28)29)23-21(27)16(3)25-10-6-9-24(11-12-25)13-20-22-15(2)17(4)30-20/h5,7-8,16H,6,9-13H2,1-4H3,(H,23,27). The summed E-state index contributed by atoms with van der Waals surface area (Å²) in [6.45, 7) is 11.3. The zero-order chi connectivity index (χ0) is 21.8. The molecule has 0 aliphatic carbocycles. The van der Waals surface area contributed by atoms with Crippen LogP contribution >= 0.6 is 0 Å². The average molecular weight is 415 g/mol. The molecule has 0 bridgehead atoms. The number of rotatable bonds is 6. The number of hydrogen-bond acceptors (Lipinski definition) is 7. The van der Waals surface area contributed by atoms with Crippen molar-refractivity contribution in [3.05, 3.63) is 51.2 Å². The zero-order valence-corrected chi connectivity index (χ0v) is 18.0. The number of amides is 1. The smallest absolute Gasteiger partial charge is 0.274 e. The molecule has 9 heteroatoms. The first kappa shape index (κ1) is 21.9. The maximum Gasteiger partial charge on any atom is 0.274 e. The predicted molar refractivity (Wildman–Crippen MR) is 113 cm³/mol. The molecule has 1 aromatic carbocycles. The van der Waals surface area contributed by atoms with Crippen LogP contribution in [-0.4, -0.2) is 57.8 Å². The largest absolute Gasteiger partial charge is 0.444 e. The molecular weight excluding hydrogens is 386 g/mol. The Bertz CT molecular complexity index is 907. The number of benzene rings is 1. The van der Waals surface area contributed by atoms with Crippen LogP contribution in [0.3, 0.4) is 0 Å². The Morgan fingerprint density at radius 2 is 2.03 bits per heavy atom. The summed E-state index contributed by atoms with van der Waals surface area (Å²) in [5.74, 6) is 1.42. The van der Waals surface area contributed by atoms with Crippen molar-refractivity contribution in [1.82, 2.24) is 14.8 Å². The second-order valence-electron chi connectivity index (χ2n) is 7.79. The quantitative estimate of drug-likeness (QED) is 0.571. The van der Waals surface area contributed by atoms with Gasteiger partial charge in [-0.3, -0.25) is 24.7 Å². The highest BCUT2D eigenvalue weighted by Gasteiger charge is 2.26. The van der Waals surface area contributed by atoms with Gasteiger partial charge in [0.1, 0.15) is 5.76 Å². The topological polar surface area (TPSA) is 105 Å². The highest BCUT2D eigenvalue weighted by atomic mass is 16.6. The number of nitro groups is 1. The number of nitrogens with one attached hydrogen (secondary N) is 1. The van der Waals surface area contributed by atoms with Gasteiger partial charge in [-0.2, -0.15) is 0 Å². The monoisotopic (exact) mass is 415 g/mol. The van der Waals surface area contributed by atoms with Gasteiger partial charge in [0.05, 0.1) is 34.5 Å². The predicted octanol–water partition coefficient (Wildman–Crippen LogP) is 3.04. The van der Waals surface area contributed by atoms with Gasteiger partial charge in [-0.05, 0) is 46.7 Å². The molecule has 0 radical (unpaired) electrons. The first-order valence-corrected chi connectivity index (χ1v) is 10.2. The van der Waals surface area contributed by atoms with Crippen molar-refractivity contribution in [2.24, 2.45) is 0 Å². The summed E-state index contributed by atoms with van der Waals surface area (Å²) in [5.41, 5.74) is 1.86. The van der Waals surface area contributed by atoms with E-state index >= 15 is 0 Å². The van der Waals surface area contributed by atoms with Gasteiger partial charge in [-0.15, -0.1) is 0 Å². The average Bonchev–Trinajstić information content (AvgIpc) is 2.88. The Balaban J connectivity index is 1.59. The van der Waals surface area contributed by atoms with E-state index in [1.807, 2.05) is 20.8 Å². The Labute approximate surface area is 176 Å². The van der Waals surface area contributed by atoms with Crippen molar-refractivity contribution in [2.75, 3.05) is 31.5 Å². The molecule has 1 unspecified atom stereocenters. The van der Waals surface area contributed by atoms with E-state index in [4.69, 9.17) is 4.42 Å². The van der Waals surface area contributed by atoms with E-state index in [1.54, 1.807) is 19.1 Å². The van der Waals surface area contributed by atoms with Crippen LogP contribution in [0.5, 0.6) is 0 Å². The fraction of sp³-hybridized carbons (Fsp3) is 0.524.